The number of rotatable bonds is 4. The molecule has 0 atom stereocenters. The zero-order valence-electron chi connectivity index (χ0n) is 10.3. The van der Waals surface area contributed by atoms with Crippen molar-refractivity contribution < 1.29 is 4.79 Å². The van der Waals surface area contributed by atoms with Gasteiger partial charge < -0.3 is 0 Å². The van der Waals surface area contributed by atoms with Crippen molar-refractivity contribution in [3.63, 3.8) is 0 Å². The number of hydrogen-bond acceptors (Lipinski definition) is 6. The van der Waals surface area contributed by atoms with Crippen LogP contribution in [-0.4, -0.2) is 31.6 Å². The van der Waals surface area contributed by atoms with Gasteiger partial charge in [-0.05, 0) is 12.7 Å². The molecule has 0 radical (unpaired) electrons. The lowest BCUT2D eigenvalue weighted by molar-refractivity contribution is 0.102. The molecule has 0 aliphatic carbocycles. The highest BCUT2D eigenvalue weighted by Gasteiger charge is 2.14. The summed E-state index contributed by atoms with van der Waals surface area (Å²) in [4.78, 5) is 12.0. The van der Waals surface area contributed by atoms with Crippen LogP contribution in [0.5, 0.6) is 0 Å². The van der Waals surface area contributed by atoms with Crippen LogP contribution in [0, 0.1) is 6.92 Å². The summed E-state index contributed by atoms with van der Waals surface area (Å²) in [5.74, 6) is 0.731. The normalized spacial score (nSPS) is 10.6. The maximum atomic E-state index is 12.0. The van der Waals surface area contributed by atoms with Gasteiger partial charge in [0.25, 0.3) is 5.91 Å². The van der Waals surface area contributed by atoms with E-state index >= 15 is 0 Å². The molecule has 0 saturated carbocycles. The van der Waals surface area contributed by atoms with E-state index < -0.39 is 0 Å². The standard InChI is InChI=1S/C10H13N5OS2/c1-4-17-10-13-12-9(18-10)11-8(16)7-5-15(3)14-6(7)2/h5H,4H2,1-3H3,(H,11,12,16). The lowest BCUT2D eigenvalue weighted by Crippen LogP contribution is -2.12. The molecule has 1 N–H and O–H groups in total. The van der Waals surface area contributed by atoms with Crippen LogP contribution in [0.25, 0.3) is 0 Å². The summed E-state index contributed by atoms with van der Waals surface area (Å²) in [5, 5.41) is 15.3. The Labute approximate surface area is 113 Å². The largest absolute Gasteiger partial charge is 0.296 e. The van der Waals surface area contributed by atoms with E-state index in [0.29, 0.717) is 16.4 Å². The fourth-order valence-corrected chi connectivity index (χ4v) is 3.07. The second-order valence-electron chi connectivity index (χ2n) is 3.56. The summed E-state index contributed by atoms with van der Waals surface area (Å²) in [5.41, 5.74) is 1.25. The smallest absolute Gasteiger partial charge is 0.260 e. The van der Waals surface area contributed by atoms with E-state index in [1.165, 1.54) is 11.3 Å². The first-order chi connectivity index (χ1) is 8.60. The Morgan fingerprint density at radius 2 is 2.33 bits per heavy atom. The zero-order valence-corrected chi connectivity index (χ0v) is 11.9. The number of carbonyl (C=O) groups is 1. The van der Waals surface area contributed by atoms with Crippen molar-refractivity contribution >= 4 is 34.1 Å². The summed E-state index contributed by atoms with van der Waals surface area (Å²) in [6.45, 7) is 3.84. The Balaban J connectivity index is 2.08. The number of aryl methyl sites for hydroxylation is 2. The highest BCUT2D eigenvalue weighted by Crippen LogP contribution is 2.25. The van der Waals surface area contributed by atoms with Crippen LogP contribution in [0.3, 0.4) is 0 Å². The van der Waals surface area contributed by atoms with E-state index in [2.05, 4.69) is 20.6 Å². The van der Waals surface area contributed by atoms with Crippen molar-refractivity contribution in [3.8, 4) is 0 Å². The Kier molecular flexibility index (Phi) is 3.97. The van der Waals surface area contributed by atoms with Crippen LogP contribution in [0.2, 0.25) is 0 Å². The number of carbonyl (C=O) groups excluding carboxylic acids is 1. The number of hydrogen-bond donors (Lipinski definition) is 1. The lowest BCUT2D eigenvalue weighted by atomic mass is 10.2. The van der Waals surface area contributed by atoms with E-state index in [1.54, 1.807) is 36.6 Å². The molecule has 0 aliphatic heterocycles. The Morgan fingerprint density at radius 3 is 2.94 bits per heavy atom. The number of nitrogens with one attached hydrogen (secondary N) is 1. The van der Waals surface area contributed by atoms with Gasteiger partial charge >= 0.3 is 0 Å². The van der Waals surface area contributed by atoms with Crippen molar-refractivity contribution in [1.29, 1.82) is 0 Å². The highest BCUT2D eigenvalue weighted by molar-refractivity contribution is 8.01. The third kappa shape index (κ3) is 2.88. The van der Waals surface area contributed by atoms with E-state index in [4.69, 9.17) is 0 Å². The third-order valence-corrected chi connectivity index (χ3v) is 4.01. The average Bonchev–Trinajstić information content (AvgIpc) is 2.86. The van der Waals surface area contributed by atoms with Crippen LogP contribution in [-0.2, 0) is 7.05 Å². The van der Waals surface area contributed by atoms with Crippen LogP contribution < -0.4 is 5.32 Å². The first kappa shape index (κ1) is 13.0. The van der Waals surface area contributed by atoms with Gasteiger partial charge in [-0.2, -0.15) is 5.10 Å². The molecule has 0 bridgehead atoms. The number of anilines is 1. The van der Waals surface area contributed by atoms with Crippen LogP contribution in [0.4, 0.5) is 5.13 Å². The molecule has 1 amide bonds. The quantitative estimate of drug-likeness (QED) is 0.686. The molecule has 2 aromatic heterocycles. The molecule has 0 aliphatic rings. The Bertz CT molecular complexity index is 562. The van der Waals surface area contributed by atoms with E-state index in [1.807, 2.05) is 6.92 Å². The monoisotopic (exact) mass is 283 g/mol. The second kappa shape index (κ2) is 5.49. The van der Waals surface area contributed by atoms with Crippen molar-refractivity contribution in [1.82, 2.24) is 20.0 Å². The molecular formula is C10H13N5OS2. The van der Waals surface area contributed by atoms with E-state index in [-0.39, 0.29) is 5.91 Å². The van der Waals surface area contributed by atoms with Gasteiger partial charge in [0.1, 0.15) is 0 Å². The highest BCUT2D eigenvalue weighted by atomic mass is 32.2. The number of thioether (sulfide) groups is 1. The maximum Gasteiger partial charge on any atom is 0.260 e. The molecule has 0 spiro atoms. The minimum absolute atomic E-state index is 0.204. The topological polar surface area (TPSA) is 72.7 Å². The molecule has 18 heavy (non-hydrogen) atoms. The van der Waals surface area contributed by atoms with Crippen LogP contribution in [0.1, 0.15) is 23.0 Å². The second-order valence-corrected chi connectivity index (χ2v) is 6.05. The molecule has 0 fully saturated rings. The lowest BCUT2D eigenvalue weighted by Gasteiger charge is -1.97. The predicted octanol–water partition coefficient (Wildman–Crippen LogP) is 1.94. The molecular weight excluding hydrogens is 270 g/mol. The summed E-state index contributed by atoms with van der Waals surface area (Å²) in [6.07, 6.45) is 1.69. The van der Waals surface area contributed by atoms with Crippen LogP contribution in [0.15, 0.2) is 10.5 Å². The van der Waals surface area contributed by atoms with Gasteiger partial charge in [-0.3, -0.25) is 14.8 Å². The third-order valence-electron chi connectivity index (χ3n) is 2.15. The van der Waals surface area contributed by atoms with Gasteiger partial charge in [-0.25, -0.2) is 0 Å². The number of amides is 1. The number of nitrogens with zero attached hydrogens (tertiary/aromatic N) is 4. The van der Waals surface area contributed by atoms with Gasteiger partial charge in [0.05, 0.1) is 11.3 Å². The van der Waals surface area contributed by atoms with Gasteiger partial charge in [-0.15, -0.1) is 10.2 Å². The molecule has 0 unspecified atom stereocenters. The molecule has 0 saturated heterocycles. The maximum absolute atomic E-state index is 12.0. The fourth-order valence-electron chi connectivity index (χ4n) is 1.43. The summed E-state index contributed by atoms with van der Waals surface area (Å²) in [7, 11) is 1.78. The number of aromatic nitrogens is 4. The first-order valence-corrected chi connectivity index (χ1v) is 7.18. The van der Waals surface area contributed by atoms with Gasteiger partial charge in [0, 0.05) is 13.2 Å². The first-order valence-electron chi connectivity index (χ1n) is 5.38. The van der Waals surface area contributed by atoms with Crippen molar-refractivity contribution in [2.45, 2.75) is 18.2 Å². The summed E-state index contributed by atoms with van der Waals surface area (Å²) < 4.78 is 2.47. The Hall–Kier alpha value is -1.41. The minimum atomic E-state index is -0.204. The zero-order chi connectivity index (χ0) is 13.1. The van der Waals surface area contributed by atoms with Gasteiger partial charge in [0.15, 0.2) is 4.34 Å². The van der Waals surface area contributed by atoms with Crippen molar-refractivity contribution in [2.75, 3.05) is 11.1 Å². The van der Waals surface area contributed by atoms with Crippen molar-refractivity contribution in [2.24, 2.45) is 7.05 Å². The SMILES string of the molecule is CCSc1nnc(NC(=O)c2cn(C)nc2C)s1. The summed E-state index contributed by atoms with van der Waals surface area (Å²) in [6, 6.07) is 0. The summed E-state index contributed by atoms with van der Waals surface area (Å²) >= 11 is 2.98. The Morgan fingerprint density at radius 1 is 1.56 bits per heavy atom. The molecule has 8 heteroatoms. The molecule has 2 rings (SSSR count). The van der Waals surface area contributed by atoms with Crippen molar-refractivity contribution in [3.05, 3.63) is 17.5 Å². The molecule has 2 aromatic rings. The minimum Gasteiger partial charge on any atom is -0.296 e. The molecule has 96 valence electrons. The molecule has 0 aromatic carbocycles. The van der Waals surface area contributed by atoms with Gasteiger partial charge in [-0.1, -0.05) is 30.0 Å². The van der Waals surface area contributed by atoms with Gasteiger partial charge in [0.2, 0.25) is 5.13 Å². The molecule has 6 nitrogen and oxygen atoms in total. The fraction of sp³-hybridized carbons (Fsp3) is 0.400. The predicted molar refractivity (Wildman–Crippen MR) is 72.2 cm³/mol. The average molecular weight is 283 g/mol. The van der Waals surface area contributed by atoms with Crippen LogP contribution >= 0.6 is 23.1 Å². The molecule has 2 heterocycles. The van der Waals surface area contributed by atoms with E-state index in [9.17, 15) is 4.79 Å². The van der Waals surface area contributed by atoms with E-state index in [0.717, 1.165) is 10.1 Å².